The van der Waals surface area contributed by atoms with Crippen molar-refractivity contribution >= 4 is 29.0 Å². The van der Waals surface area contributed by atoms with E-state index < -0.39 is 0 Å². The van der Waals surface area contributed by atoms with Crippen LogP contribution in [-0.4, -0.2) is 12.0 Å². The fraction of sp³-hybridized carbons (Fsp3) is 0.417. The van der Waals surface area contributed by atoms with Crippen LogP contribution in [0.15, 0.2) is 30.3 Å². The van der Waals surface area contributed by atoms with Crippen LogP contribution in [0.5, 0.6) is 0 Å². The Morgan fingerprint density at radius 1 is 1.27 bits per heavy atom. The Kier molecular flexibility index (Phi) is 3.47. The lowest BCUT2D eigenvalue weighted by Gasteiger charge is -2.26. The van der Waals surface area contributed by atoms with Crippen LogP contribution in [0.3, 0.4) is 0 Å². The molecule has 1 aromatic rings. The Bertz CT molecular complexity index is 339. The van der Waals surface area contributed by atoms with Gasteiger partial charge in [0.25, 0.3) is 0 Å². The lowest BCUT2D eigenvalue weighted by molar-refractivity contribution is -0.111. The lowest BCUT2D eigenvalue weighted by atomic mass is 9.32. The fourth-order valence-electron chi connectivity index (χ4n) is 2.50. The Hall–Kier alpha value is -0.755. The smallest absolute Gasteiger partial charge is 0.217 e. The number of hydrogen-bond donors (Lipinski definition) is 0. The zero-order valence-electron chi connectivity index (χ0n) is 8.66. The van der Waals surface area contributed by atoms with E-state index >= 15 is 0 Å². The molecule has 0 aliphatic carbocycles. The van der Waals surface area contributed by atoms with Crippen LogP contribution in [0.1, 0.15) is 19.3 Å². The maximum Gasteiger partial charge on any atom is 0.217 e. The summed E-state index contributed by atoms with van der Waals surface area (Å²) in [5.74, 6) is 0.0304. The summed E-state index contributed by atoms with van der Waals surface area (Å²) in [5.41, 5.74) is 1.26. The average Bonchev–Trinajstić information content (AvgIpc) is 2.30. The standard InChI is InChI=1S/C12H14BClO/c14-12(15)11-8-4-5-9-13(11)10-6-2-1-3-7-10/h1-3,6-7,11H,4-5,8-9H2. The van der Waals surface area contributed by atoms with Gasteiger partial charge in [-0.1, -0.05) is 55.0 Å². The summed E-state index contributed by atoms with van der Waals surface area (Å²) in [4.78, 5) is 11.3. The molecule has 0 radical (unpaired) electrons. The second-order valence-corrected chi connectivity index (χ2v) is 4.58. The van der Waals surface area contributed by atoms with Gasteiger partial charge in [0.2, 0.25) is 5.24 Å². The van der Waals surface area contributed by atoms with Crippen LogP contribution < -0.4 is 5.46 Å². The van der Waals surface area contributed by atoms with Crippen molar-refractivity contribution in [2.24, 2.45) is 0 Å². The number of carbonyl (C=O) groups is 1. The summed E-state index contributed by atoms with van der Waals surface area (Å²) >= 11 is 5.66. The second kappa shape index (κ2) is 4.85. The van der Waals surface area contributed by atoms with Gasteiger partial charge in [0.05, 0.1) is 0 Å². The van der Waals surface area contributed by atoms with Gasteiger partial charge in [-0.15, -0.1) is 0 Å². The first kappa shape index (κ1) is 10.8. The van der Waals surface area contributed by atoms with E-state index in [1.165, 1.54) is 11.9 Å². The van der Waals surface area contributed by atoms with E-state index in [1.807, 2.05) is 18.2 Å². The molecular weight excluding hydrogens is 206 g/mol. The Morgan fingerprint density at radius 3 is 2.67 bits per heavy atom. The molecule has 1 nitrogen and oxygen atoms in total. The van der Waals surface area contributed by atoms with Crippen molar-refractivity contribution in [2.75, 3.05) is 0 Å². The van der Waals surface area contributed by atoms with Crippen molar-refractivity contribution in [3.05, 3.63) is 30.3 Å². The van der Waals surface area contributed by atoms with Crippen molar-refractivity contribution < 1.29 is 4.79 Å². The Balaban J connectivity index is 2.22. The van der Waals surface area contributed by atoms with Gasteiger partial charge in [-0.05, 0) is 18.0 Å². The summed E-state index contributed by atoms with van der Waals surface area (Å²) in [6.07, 6.45) is 4.38. The molecule has 0 bridgehead atoms. The highest BCUT2D eigenvalue weighted by atomic mass is 35.5. The minimum absolute atomic E-state index is 0.0304. The molecular formula is C12H14BClO. The first-order valence-electron chi connectivity index (χ1n) is 5.53. The van der Waals surface area contributed by atoms with Crippen LogP contribution in [0, 0.1) is 0 Å². The second-order valence-electron chi connectivity index (χ2n) is 4.21. The van der Waals surface area contributed by atoms with Crippen LogP contribution in [-0.2, 0) is 4.79 Å². The van der Waals surface area contributed by atoms with Gasteiger partial charge in [-0.25, -0.2) is 0 Å². The van der Waals surface area contributed by atoms with E-state index in [2.05, 4.69) is 12.1 Å². The van der Waals surface area contributed by atoms with Gasteiger partial charge in [0, 0.05) is 5.82 Å². The first-order valence-corrected chi connectivity index (χ1v) is 5.91. The number of carbonyl (C=O) groups excluding carboxylic acids is 1. The first-order chi connectivity index (χ1) is 7.29. The van der Waals surface area contributed by atoms with Crippen molar-refractivity contribution in [3.8, 4) is 0 Å². The number of rotatable bonds is 2. The molecule has 1 atom stereocenters. The van der Waals surface area contributed by atoms with E-state index in [9.17, 15) is 4.79 Å². The van der Waals surface area contributed by atoms with Crippen molar-refractivity contribution in [1.82, 2.24) is 0 Å². The third-order valence-corrected chi connectivity index (χ3v) is 3.57. The Labute approximate surface area is 95.9 Å². The van der Waals surface area contributed by atoms with Crippen LogP contribution in [0.25, 0.3) is 0 Å². The molecule has 15 heavy (non-hydrogen) atoms. The average molecular weight is 221 g/mol. The molecule has 0 saturated carbocycles. The SMILES string of the molecule is O=C(Cl)C1CCCCB1c1ccccc1. The quantitative estimate of drug-likeness (QED) is 0.553. The van der Waals surface area contributed by atoms with Gasteiger partial charge >= 0.3 is 0 Å². The van der Waals surface area contributed by atoms with Gasteiger partial charge in [-0.2, -0.15) is 0 Å². The molecule has 1 saturated heterocycles. The molecule has 0 amide bonds. The number of halogens is 1. The summed E-state index contributed by atoms with van der Waals surface area (Å²) in [7, 11) is 0. The molecule has 1 aliphatic heterocycles. The van der Waals surface area contributed by atoms with Crippen molar-refractivity contribution in [1.29, 1.82) is 0 Å². The number of benzene rings is 1. The molecule has 78 valence electrons. The Morgan fingerprint density at radius 2 is 2.00 bits per heavy atom. The maximum atomic E-state index is 11.3. The van der Waals surface area contributed by atoms with Crippen LogP contribution in [0.2, 0.25) is 12.1 Å². The highest BCUT2D eigenvalue weighted by Gasteiger charge is 2.33. The van der Waals surface area contributed by atoms with Crippen molar-refractivity contribution in [3.63, 3.8) is 0 Å². The fourth-order valence-corrected chi connectivity index (χ4v) is 2.76. The zero-order valence-corrected chi connectivity index (χ0v) is 9.41. The van der Waals surface area contributed by atoms with Gasteiger partial charge in [-0.3, -0.25) is 4.79 Å². The third-order valence-electron chi connectivity index (χ3n) is 3.29. The topological polar surface area (TPSA) is 17.1 Å². The molecule has 1 fully saturated rings. The molecule has 0 aromatic heterocycles. The summed E-state index contributed by atoms with van der Waals surface area (Å²) in [6, 6.07) is 10.3. The maximum absolute atomic E-state index is 11.3. The van der Waals surface area contributed by atoms with Gasteiger partial charge < -0.3 is 0 Å². The minimum Gasteiger partial charge on any atom is -0.282 e. The number of hydrogen-bond acceptors (Lipinski definition) is 1. The molecule has 1 unspecified atom stereocenters. The zero-order chi connectivity index (χ0) is 10.7. The predicted octanol–water partition coefficient (Wildman–Crippen LogP) is 2.71. The van der Waals surface area contributed by atoms with E-state index in [1.54, 1.807) is 0 Å². The highest BCUT2D eigenvalue weighted by molar-refractivity contribution is 6.83. The normalized spacial score (nSPS) is 21.4. The van der Waals surface area contributed by atoms with Crippen LogP contribution >= 0.6 is 11.6 Å². The van der Waals surface area contributed by atoms with E-state index in [0.717, 1.165) is 19.2 Å². The monoisotopic (exact) mass is 220 g/mol. The molecule has 1 aromatic carbocycles. The third kappa shape index (κ3) is 2.43. The van der Waals surface area contributed by atoms with E-state index in [-0.39, 0.29) is 11.1 Å². The van der Waals surface area contributed by atoms with E-state index in [4.69, 9.17) is 11.6 Å². The molecule has 1 heterocycles. The minimum atomic E-state index is -0.163. The van der Waals surface area contributed by atoms with Crippen molar-refractivity contribution in [2.45, 2.75) is 31.4 Å². The van der Waals surface area contributed by atoms with Gasteiger partial charge in [0.15, 0.2) is 6.71 Å². The predicted molar refractivity (Wildman–Crippen MR) is 65.1 cm³/mol. The largest absolute Gasteiger partial charge is 0.282 e. The molecule has 1 aliphatic rings. The molecule has 0 spiro atoms. The summed E-state index contributed by atoms with van der Waals surface area (Å²) in [6.45, 7) is 0.338. The highest BCUT2D eigenvalue weighted by Crippen LogP contribution is 2.30. The van der Waals surface area contributed by atoms with Crippen LogP contribution in [0.4, 0.5) is 0 Å². The summed E-state index contributed by atoms with van der Waals surface area (Å²) < 4.78 is 0. The summed E-state index contributed by atoms with van der Waals surface area (Å²) in [5, 5.41) is -0.163. The molecule has 3 heteroatoms. The lowest BCUT2D eigenvalue weighted by Crippen LogP contribution is -2.39. The molecule has 2 rings (SSSR count). The molecule has 0 N–H and O–H groups in total. The van der Waals surface area contributed by atoms with E-state index in [0.29, 0.717) is 6.71 Å². The van der Waals surface area contributed by atoms with Gasteiger partial charge in [0.1, 0.15) is 0 Å².